The Balaban J connectivity index is 1.71. The van der Waals surface area contributed by atoms with Gasteiger partial charge in [-0.25, -0.2) is 0 Å². The Morgan fingerprint density at radius 2 is 1.61 bits per heavy atom. The van der Waals surface area contributed by atoms with E-state index in [9.17, 15) is 43.7 Å². The standard InChI is InChI=1S/C33H40N2O11S5/c1-33(17-7-3-6-12-32(36)37)26-23-25(51(44,45)46)14-16-27(26)34(18-8-20-49(38,39)40)30(33)10-4-2-5-11-31-35(19-9-21-50(41,42)43)28-15-13-24(47)22-29(28)48-31/h2,4-5,10-11,13-16,22-23H,3,6-9,12,17-21H2,1H3,(H4-,36,37,38,39,40,41,42,43,44,45,46,47)/p+1. The predicted molar refractivity (Wildman–Crippen MR) is 199 cm³/mol. The molecule has 0 saturated carbocycles. The number of thiol groups is 1. The first-order valence-corrected chi connectivity index (χ1v) is 21.9. The number of hydrogen-bond donors (Lipinski definition) is 5. The van der Waals surface area contributed by atoms with E-state index in [-0.39, 0.29) is 36.5 Å². The minimum Gasteiger partial charge on any atom is -0.481 e. The molecule has 4 rings (SSSR count). The second kappa shape index (κ2) is 16.7. The molecule has 18 heteroatoms. The van der Waals surface area contributed by atoms with Gasteiger partial charge >= 0.3 is 5.97 Å². The lowest BCUT2D eigenvalue weighted by Gasteiger charge is -2.30. The number of rotatable bonds is 18. The lowest BCUT2D eigenvalue weighted by molar-refractivity contribution is -0.668. The molecule has 1 aliphatic rings. The van der Waals surface area contributed by atoms with Crippen molar-refractivity contribution in [2.45, 2.75) is 73.6 Å². The molecule has 1 aromatic heterocycles. The van der Waals surface area contributed by atoms with Crippen LogP contribution in [-0.2, 0) is 47.1 Å². The minimum absolute atomic E-state index is 0.00980. The van der Waals surface area contributed by atoms with Gasteiger partial charge in [0, 0.05) is 53.2 Å². The number of allylic oxidation sites excluding steroid dienone is 5. The summed E-state index contributed by atoms with van der Waals surface area (Å²) in [5.74, 6) is -1.78. The lowest BCUT2D eigenvalue weighted by atomic mass is 9.77. The molecule has 0 spiro atoms. The third-order valence-electron chi connectivity index (χ3n) is 8.57. The molecule has 0 radical (unpaired) electrons. The van der Waals surface area contributed by atoms with E-state index in [1.165, 1.54) is 23.5 Å². The van der Waals surface area contributed by atoms with Crippen molar-refractivity contribution in [1.82, 2.24) is 0 Å². The Kier molecular flexibility index (Phi) is 13.3. The number of hydrogen-bond acceptors (Lipinski definition) is 10. The molecule has 0 fully saturated rings. The molecular formula is C33H41N2O11S5+. The van der Waals surface area contributed by atoms with E-state index in [0.29, 0.717) is 49.2 Å². The van der Waals surface area contributed by atoms with E-state index >= 15 is 0 Å². The van der Waals surface area contributed by atoms with Crippen molar-refractivity contribution in [2.24, 2.45) is 0 Å². The Labute approximate surface area is 307 Å². The van der Waals surface area contributed by atoms with E-state index in [1.807, 2.05) is 46.7 Å². The Hall–Kier alpha value is -3.10. The number of nitrogens with zero attached hydrogens (tertiary/aromatic N) is 2. The van der Waals surface area contributed by atoms with Gasteiger partial charge in [-0.3, -0.25) is 18.5 Å². The monoisotopic (exact) mass is 801 g/mol. The number of aliphatic carboxylic acids is 1. The van der Waals surface area contributed by atoms with E-state index in [2.05, 4.69) is 12.6 Å². The Morgan fingerprint density at radius 1 is 0.902 bits per heavy atom. The zero-order chi connectivity index (χ0) is 37.6. The van der Waals surface area contributed by atoms with Crippen molar-refractivity contribution >= 4 is 82.3 Å². The number of anilines is 1. The van der Waals surface area contributed by atoms with Crippen molar-refractivity contribution in [1.29, 1.82) is 0 Å². The summed E-state index contributed by atoms with van der Waals surface area (Å²) in [4.78, 5) is 13.4. The molecule has 0 aliphatic carbocycles. The summed E-state index contributed by atoms with van der Waals surface area (Å²) >= 11 is 5.91. The first-order valence-electron chi connectivity index (χ1n) is 16.0. The average Bonchev–Trinajstić information content (AvgIpc) is 3.46. The highest BCUT2D eigenvalue weighted by Crippen LogP contribution is 2.51. The van der Waals surface area contributed by atoms with Gasteiger partial charge in [-0.2, -0.15) is 29.8 Å². The van der Waals surface area contributed by atoms with E-state index in [1.54, 1.807) is 24.3 Å². The molecule has 278 valence electrons. The molecule has 1 atom stereocenters. The first kappa shape index (κ1) is 40.7. The van der Waals surface area contributed by atoms with Crippen molar-refractivity contribution in [3.05, 3.63) is 77.0 Å². The molecule has 1 unspecified atom stereocenters. The van der Waals surface area contributed by atoms with Crippen molar-refractivity contribution in [2.75, 3.05) is 23.0 Å². The third kappa shape index (κ3) is 11.2. The van der Waals surface area contributed by atoms with Crippen LogP contribution in [0, 0.1) is 0 Å². The highest BCUT2D eigenvalue weighted by Gasteiger charge is 2.43. The van der Waals surface area contributed by atoms with Crippen LogP contribution >= 0.6 is 24.0 Å². The van der Waals surface area contributed by atoms with Gasteiger partial charge < -0.3 is 10.0 Å². The fourth-order valence-corrected chi connectivity index (χ4v) is 9.16. The zero-order valence-electron chi connectivity index (χ0n) is 27.8. The van der Waals surface area contributed by atoms with Crippen LogP contribution in [0.4, 0.5) is 5.69 Å². The van der Waals surface area contributed by atoms with Gasteiger partial charge in [0.1, 0.15) is 4.70 Å². The summed E-state index contributed by atoms with van der Waals surface area (Å²) < 4.78 is 101. The van der Waals surface area contributed by atoms with Crippen LogP contribution in [0.2, 0.25) is 0 Å². The summed E-state index contributed by atoms with van der Waals surface area (Å²) in [5, 5.41) is 9.89. The molecule has 0 amide bonds. The van der Waals surface area contributed by atoms with Gasteiger partial charge in [-0.05, 0) is 68.2 Å². The van der Waals surface area contributed by atoms with Gasteiger partial charge in [0.25, 0.3) is 35.4 Å². The molecule has 13 nitrogen and oxygen atoms in total. The normalized spacial score (nSPS) is 17.7. The van der Waals surface area contributed by atoms with Gasteiger partial charge in [0.2, 0.25) is 5.52 Å². The smallest absolute Gasteiger partial charge is 0.303 e. The van der Waals surface area contributed by atoms with E-state index in [0.717, 1.165) is 20.1 Å². The summed E-state index contributed by atoms with van der Waals surface area (Å²) in [7, 11) is -12.9. The highest BCUT2D eigenvalue weighted by atomic mass is 32.2. The number of unbranched alkanes of at least 4 members (excludes halogenated alkanes) is 2. The van der Waals surface area contributed by atoms with E-state index in [4.69, 9.17) is 5.11 Å². The Bertz CT molecular complexity index is 2190. The molecule has 51 heavy (non-hydrogen) atoms. The van der Waals surface area contributed by atoms with Crippen molar-refractivity contribution in [3.8, 4) is 0 Å². The van der Waals surface area contributed by atoms with Crippen LogP contribution in [0.5, 0.6) is 0 Å². The molecule has 3 aromatic rings. The van der Waals surface area contributed by atoms with Crippen LogP contribution in [0.1, 0.15) is 62.4 Å². The maximum atomic E-state index is 12.1. The number of aryl methyl sites for hydroxylation is 1. The largest absolute Gasteiger partial charge is 0.481 e. The second-order valence-corrected chi connectivity index (χ2v) is 18.6. The molecule has 2 aromatic carbocycles. The van der Waals surface area contributed by atoms with Crippen LogP contribution in [0.15, 0.2) is 76.2 Å². The van der Waals surface area contributed by atoms with Crippen LogP contribution in [-0.4, -0.2) is 68.0 Å². The number of benzene rings is 2. The maximum Gasteiger partial charge on any atom is 0.303 e. The highest BCUT2D eigenvalue weighted by molar-refractivity contribution is 7.86. The van der Waals surface area contributed by atoms with E-state index < -0.39 is 47.5 Å². The average molecular weight is 802 g/mol. The minimum atomic E-state index is -4.55. The van der Waals surface area contributed by atoms with Crippen molar-refractivity contribution < 1.29 is 53.4 Å². The summed E-state index contributed by atoms with van der Waals surface area (Å²) in [5.41, 5.74) is 1.98. The number of carbonyl (C=O) groups is 1. The number of fused-ring (bicyclic) bond motifs is 2. The van der Waals surface area contributed by atoms with Gasteiger partial charge in [0.15, 0.2) is 6.54 Å². The number of carboxylic acids is 1. The SMILES string of the molecule is CC1(CCCCCC(=O)O)/C(=C/C=C/C=C/c2sc3cc(S)ccc3[n+]2CCCS(=O)(=O)O)N(CCCS(=O)(=O)O)c2ccc(S(=O)(=O)O)cc21. The third-order valence-corrected chi connectivity index (χ3v) is 12.4. The van der Waals surface area contributed by atoms with Gasteiger partial charge in [0.05, 0.1) is 16.4 Å². The molecule has 4 N–H and O–H groups in total. The van der Waals surface area contributed by atoms with Gasteiger partial charge in [-0.1, -0.05) is 42.4 Å². The molecule has 0 saturated heterocycles. The quantitative estimate of drug-likeness (QED) is 0.0353. The predicted octanol–water partition coefficient (Wildman–Crippen LogP) is 5.55. The number of thiazole rings is 1. The summed E-state index contributed by atoms with van der Waals surface area (Å²) in [6.45, 7) is 2.42. The molecule has 2 heterocycles. The van der Waals surface area contributed by atoms with Crippen LogP contribution in [0.3, 0.4) is 0 Å². The van der Waals surface area contributed by atoms with Crippen molar-refractivity contribution in [3.63, 3.8) is 0 Å². The number of aromatic nitrogens is 1. The van der Waals surface area contributed by atoms with Crippen LogP contribution < -0.4 is 9.47 Å². The molecule has 0 bridgehead atoms. The summed E-state index contributed by atoms with van der Waals surface area (Å²) in [6.07, 6.45) is 11.4. The first-order chi connectivity index (χ1) is 23.8. The van der Waals surface area contributed by atoms with Crippen LogP contribution in [0.25, 0.3) is 16.3 Å². The topological polar surface area (TPSA) is 208 Å². The lowest BCUT2D eigenvalue weighted by Crippen LogP contribution is -2.35. The zero-order valence-corrected chi connectivity index (χ0v) is 31.9. The second-order valence-electron chi connectivity index (χ2n) is 12.4. The summed E-state index contributed by atoms with van der Waals surface area (Å²) in [6, 6.07) is 9.86. The Morgan fingerprint density at radius 3 is 2.27 bits per heavy atom. The maximum absolute atomic E-state index is 12.1. The molecule has 1 aliphatic heterocycles. The fourth-order valence-electron chi connectivity index (χ4n) is 6.24. The van der Waals surface area contributed by atoms with Gasteiger partial charge in [-0.15, -0.1) is 12.6 Å². The fraction of sp³-hybridized carbons (Fsp3) is 0.394. The molecular weight excluding hydrogens is 761 g/mol. The number of carboxylic acid groups (broad SMARTS) is 1.